The van der Waals surface area contributed by atoms with Crippen molar-refractivity contribution in [3.8, 4) is 0 Å². The molecule has 0 spiro atoms. The van der Waals surface area contributed by atoms with E-state index in [2.05, 4.69) is 27.7 Å². The Morgan fingerprint density at radius 1 is 0.656 bits per heavy atom. The summed E-state index contributed by atoms with van der Waals surface area (Å²) in [6.45, 7) is 8.56. The third-order valence-electron chi connectivity index (χ3n) is 6.43. The number of carbonyl (C=O) groups is 2. The van der Waals surface area contributed by atoms with Gasteiger partial charge in [-0.15, -0.1) is 0 Å². The van der Waals surface area contributed by atoms with E-state index < -0.39 is 0 Å². The Morgan fingerprint density at radius 3 is 1.38 bits per heavy atom. The molecular formula is C28H40O4. The highest BCUT2D eigenvalue weighted by molar-refractivity contribution is 6.15. The van der Waals surface area contributed by atoms with Crippen LogP contribution in [0.1, 0.15) is 79.1 Å². The van der Waals surface area contributed by atoms with Crippen LogP contribution in [0, 0.1) is 10.8 Å². The zero-order valence-corrected chi connectivity index (χ0v) is 20.2. The molecule has 0 radical (unpaired) electrons. The molecule has 2 aliphatic carbocycles. The summed E-state index contributed by atoms with van der Waals surface area (Å²) in [4.78, 5) is 25.2. The van der Waals surface area contributed by atoms with Gasteiger partial charge < -0.3 is 10.2 Å². The van der Waals surface area contributed by atoms with Crippen LogP contribution in [0.4, 0.5) is 0 Å². The minimum Gasteiger partial charge on any atom is -0.396 e. The maximum absolute atomic E-state index is 12.6. The van der Waals surface area contributed by atoms with Gasteiger partial charge in [0, 0.05) is 35.5 Å². The van der Waals surface area contributed by atoms with Crippen LogP contribution in [0.2, 0.25) is 0 Å². The predicted octanol–water partition coefficient (Wildman–Crippen LogP) is 5.57. The number of aliphatic hydroxyl groups is 2. The summed E-state index contributed by atoms with van der Waals surface area (Å²) in [7, 11) is 0. The number of hydrogen-bond acceptors (Lipinski definition) is 4. The van der Waals surface area contributed by atoms with Crippen molar-refractivity contribution in [3.05, 3.63) is 58.7 Å². The van der Waals surface area contributed by atoms with E-state index in [9.17, 15) is 19.8 Å². The summed E-state index contributed by atoms with van der Waals surface area (Å²) in [5.74, 6) is 0.0989. The fourth-order valence-corrected chi connectivity index (χ4v) is 3.89. The van der Waals surface area contributed by atoms with E-state index in [0.717, 1.165) is 62.5 Å². The number of unbranched alkanes of at least 4 members (excludes halogenated alkanes) is 2. The quantitative estimate of drug-likeness (QED) is 0.346. The van der Waals surface area contributed by atoms with Crippen molar-refractivity contribution in [2.24, 2.45) is 10.8 Å². The molecule has 176 valence electrons. The van der Waals surface area contributed by atoms with Crippen LogP contribution in [-0.2, 0) is 9.59 Å². The Bertz CT molecular complexity index is 777. The highest BCUT2D eigenvalue weighted by Crippen LogP contribution is 2.28. The highest BCUT2D eigenvalue weighted by Gasteiger charge is 2.21. The normalized spacial score (nSPS) is 17.2. The lowest BCUT2D eigenvalue weighted by atomic mass is 9.87. The molecule has 0 amide bonds. The monoisotopic (exact) mass is 440 g/mol. The Kier molecular flexibility index (Phi) is 9.60. The lowest BCUT2D eigenvalue weighted by Gasteiger charge is -2.21. The van der Waals surface area contributed by atoms with E-state index in [1.165, 1.54) is 0 Å². The number of aliphatic hydroxyl groups excluding tert-OH is 2. The van der Waals surface area contributed by atoms with Crippen molar-refractivity contribution in [3.63, 3.8) is 0 Å². The number of ketones is 2. The molecule has 0 saturated carbocycles. The van der Waals surface area contributed by atoms with Gasteiger partial charge in [-0.3, -0.25) is 9.59 Å². The van der Waals surface area contributed by atoms with Gasteiger partial charge >= 0.3 is 0 Å². The summed E-state index contributed by atoms with van der Waals surface area (Å²) in [6.07, 6.45) is 18.2. The summed E-state index contributed by atoms with van der Waals surface area (Å²) in [5.41, 5.74) is 2.77. The van der Waals surface area contributed by atoms with Gasteiger partial charge in [0.2, 0.25) is 0 Å². The second-order valence-electron chi connectivity index (χ2n) is 10.7. The molecule has 0 heterocycles. The summed E-state index contributed by atoms with van der Waals surface area (Å²) < 4.78 is 0. The number of allylic oxidation sites excluding steroid dienone is 10. The van der Waals surface area contributed by atoms with E-state index in [4.69, 9.17) is 0 Å². The Morgan fingerprint density at radius 2 is 1.03 bits per heavy atom. The smallest absolute Gasteiger partial charge is 0.189 e. The van der Waals surface area contributed by atoms with Gasteiger partial charge in [-0.05, 0) is 49.4 Å². The third kappa shape index (κ3) is 7.83. The van der Waals surface area contributed by atoms with Crippen molar-refractivity contribution in [2.45, 2.75) is 79.1 Å². The van der Waals surface area contributed by atoms with E-state index in [1.807, 2.05) is 24.3 Å². The first-order chi connectivity index (χ1) is 15.1. The van der Waals surface area contributed by atoms with Gasteiger partial charge in [-0.1, -0.05) is 77.0 Å². The molecule has 0 aromatic rings. The van der Waals surface area contributed by atoms with Crippen molar-refractivity contribution in [1.82, 2.24) is 0 Å². The SMILES string of the molecule is CC(C)(CO)CCCCC1=CC=C(/C=C\C2=CC=C(CCCCC(C)(C)CO)C2=O)C1=O. The number of Topliss-reactive ketones (excluding diaryl/α,β-unsaturated/α-hetero) is 2. The lowest BCUT2D eigenvalue weighted by molar-refractivity contribution is -0.112. The average Bonchev–Trinajstić information content (AvgIpc) is 3.29. The van der Waals surface area contributed by atoms with E-state index in [1.54, 1.807) is 12.2 Å². The van der Waals surface area contributed by atoms with Crippen LogP contribution >= 0.6 is 0 Å². The molecule has 0 aliphatic heterocycles. The Labute approximate surface area is 193 Å². The molecule has 0 atom stereocenters. The molecule has 0 aromatic carbocycles. The largest absolute Gasteiger partial charge is 0.396 e. The van der Waals surface area contributed by atoms with Gasteiger partial charge in [0.05, 0.1) is 0 Å². The molecule has 4 nitrogen and oxygen atoms in total. The van der Waals surface area contributed by atoms with E-state index in [0.29, 0.717) is 11.1 Å². The topological polar surface area (TPSA) is 74.6 Å². The molecule has 32 heavy (non-hydrogen) atoms. The molecule has 2 rings (SSSR count). The van der Waals surface area contributed by atoms with E-state index >= 15 is 0 Å². The standard InChI is InChI=1S/C28H40O4/c1-27(2,19-29)17-7-5-9-21-11-13-23(25(21)31)15-16-24-14-12-22(26(24)32)10-6-8-18-28(3,4)20-30/h11-16,29-30H,5-10,17-20H2,1-4H3/b16-15-. The van der Waals surface area contributed by atoms with Gasteiger partial charge in [0.15, 0.2) is 11.6 Å². The fourth-order valence-electron chi connectivity index (χ4n) is 3.89. The van der Waals surface area contributed by atoms with Crippen LogP contribution in [-0.4, -0.2) is 35.0 Å². The molecule has 0 fully saturated rings. The average molecular weight is 441 g/mol. The fraction of sp³-hybridized carbons (Fsp3) is 0.571. The molecule has 2 N–H and O–H groups in total. The second kappa shape index (κ2) is 11.7. The number of hydrogen-bond donors (Lipinski definition) is 2. The van der Waals surface area contributed by atoms with Crippen molar-refractivity contribution >= 4 is 11.6 Å². The molecular weight excluding hydrogens is 400 g/mol. The molecule has 0 unspecified atom stereocenters. The zero-order chi connectivity index (χ0) is 23.8. The van der Waals surface area contributed by atoms with Crippen molar-refractivity contribution < 1.29 is 19.8 Å². The first kappa shape index (κ1) is 26.2. The summed E-state index contributed by atoms with van der Waals surface area (Å²) in [6, 6.07) is 0. The molecule has 0 bridgehead atoms. The van der Waals surface area contributed by atoms with Crippen LogP contribution in [0.25, 0.3) is 0 Å². The zero-order valence-electron chi connectivity index (χ0n) is 20.2. The van der Waals surface area contributed by atoms with Gasteiger partial charge in [0.25, 0.3) is 0 Å². The molecule has 0 aromatic heterocycles. The minimum absolute atomic E-state index is 0.0494. The predicted molar refractivity (Wildman–Crippen MR) is 130 cm³/mol. The van der Waals surface area contributed by atoms with Crippen LogP contribution in [0.15, 0.2) is 58.7 Å². The molecule has 0 saturated heterocycles. The Balaban J connectivity index is 1.73. The molecule has 4 heteroatoms. The number of carbonyl (C=O) groups excluding carboxylic acids is 2. The van der Waals surface area contributed by atoms with Crippen molar-refractivity contribution in [2.75, 3.05) is 13.2 Å². The van der Waals surface area contributed by atoms with Crippen LogP contribution < -0.4 is 0 Å². The van der Waals surface area contributed by atoms with Crippen molar-refractivity contribution in [1.29, 1.82) is 0 Å². The maximum atomic E-state index is 12.6. The minimum atomic E-state index is -0.0648. The second-order valence-corrected chi connectivity index (χ2v) is 10.7. The van der Waals surface area contributed by atoms with Gasteiger partial charge in [0.1, 0.15) is 0 Å². The van der Waals surface area contributed by atoms with Crippen LogP contribution in [0.3, 0.4) is 0 Å². The third-order valence-corrected chi connectivity index (χ3v) is 6.43. The van der Waals surface area contributed by atoms with E-state index in [-0.39, 0.29) is 35.6 Å². The summed E-state index contributed by atoms with van der Waals surface area (Å²) >= 11 is 0. The van der Waals surface area contributed by atoms with Crippen LogP contribution in [0.5, 0.6) is 0 Å². The first-order valence-electron chi connectivity index (χ1n) is 11.9. The van der Waals surface area contributed by atoms with Gasteiger partial charge in [-0.25, -0.2) is 0 Å². The highest BCUT2D eigenvalue weighted by atomic mass is 16.3. The summed E-state index contributed by atoms with van der Waals surface area (Å²) in [5, 5.41) is 18.7. The lowest BCUT2D eigenvalue weighted by Crippen LogP contribution is -2.16. The Hall–Kier alpha value is -2.04. The first-order valence-corrected chi connectivity index (χ1v) is 11.9. The van der Waals surface area contributed by atoms with Gasteiger partial charge in [-0.2, -0.15) is 0 Å². The number of rotatable bonds is 14. The maximum Gasteiger partial charge on any atom is 0.189 e. The molecule has 2 aliphatic rings.